The van der Waals surface area contributed by atoms with Gasteiger partial charge in [0.15, 0.2) is 11.5 Å². The number of fused-ring (bicyclic) bond motifs is 1. The van der Waals surface area contributed by atoms with E-state index in [9.17, 15) is 19.4 Å². The lowest BCUT2D eigenvalue weighted by Gasteiger charge is -2.24. The molecule has 2 saturated heterocycles. The summed E-state index contributed by atoms with van der Waals surface area (Å²) in [5.74, 6) is -0.538. The smallest absolute Gasteiger partial charge is 0.386 e. The van der Waals surface area contributed by atoms with Crippen LogP contribution in [0, 0.1) is 0 Å². The van der Waals surface area contributed by atoms with E-state index in [1.807, 2.05) is 0 Å². The predicted octanol–water partition coefficient (Wildman–Crippen LogP) is 0.729. The SMILES string of the molecule is COP(O)(=S)OC[C@H]1O[C@@H](n2cnc3c(N)ncnc32)C[C@@H]1OP(=O)(S)OC[C@H]1O[C@@H](c2cc(C(N)=O)n[nH]2)C[C@@H]1O. The van der Waals surface area contributed by atoms with Gasteiger partial charge in [-0.25, -0.2) is 19.5 Å². The van der Waals surface area contributed by atoms with Crippen LogP contribution in [0.3, 0.4) is 0 Å². The fraction of sp³-hybridized carbons (Fsp3) is 0.550. The normalized spacial score (nSPS) is 29.0. The molecule has 5 rings (SSSR count). The molecule has 8 atom stereocenters. The van der Waals surface area contributed by atoms with Gasteiger partial charge in [0.05, 0.1) is 31.3 Å². The van der Waals surface area contributed by atoms with E-state index in [2.05, 4.69) is 37.4 Å². The lowest BCUT2D eigenvalue weighted by Crippen LogP contribution is -2.29. The number of nitrogens with one attached hydrogen (secondary N) is 1. The summed E-state index contributed by atoms with van der Waals surface area (Å²) < 4.78 is 48.2. The van der Waals surface area contributed by atoms with Gasteiger partial charge < -0.3 is 40.0 Å². The number of carbonyl (C=O) groups is 1. The second-order valence-electron chi connectivity index (χ2n) is 9.34. The first-order valence-electron chi connectivity index (χ1n) is 12.3. The molecule has 0 radical (unpaired) electrons. The molecule has 2 aliphatic rings. The Morgan fingerprint density at radius 2 is 2.02 bits per heavy atom. The van der Waals surface area contributed by atoms with Crippen molar-refractivity contribution in [1.29, 1.82) is 0 Å². The Hall–Kier alpha value is -2.06. The first-order chi connectivity index (χ1) is 19.9. The number of hydrogen-bond donors (Lipinski definition) is 6. The number of nitrogens with two attached hydrogens (primary N) is 2. The summed E-state index contributed by atoms with van der Waals surface area (Å²) >= 11 is 9.02. The number of aliphatic hydroxyl groups excluding tert-OH is 1. The molecule has 0 aliphatic carbocycles. The lowest BCUT2D eigenvalue weighted by molar-refractivity contribution is -0.0412. The summed E-state index contributed by atoms with van der Waals surface area (Å²) in [5, 5.41) is 16.9. The molecule has 0 spiro atoms. The number of rotatable bonds is 12. The highest BCUT2D eigenvalue weighted by Crippen LogP contribution is 2.57. The van der Waals surface area contributed by atoms with Crippen LogP contribution in [0.25, 0.3) is 11.2 Å². The molecule has 42 heavy (non-hydrogen) atoms. The molecule has 5 heterocycles. The average molecular weight is 667 g/mol. The van der Waals surface area contributed by atoms with Crippen molar-refractivity contribution in [1.82, 2.24) is 29.7 Å². The molecular formula is C20H28N8O10P2S2. The Balaban J connectivity index is 1.25. The molecular weight excluding hydrogens is 638 g/mol. The number of hydrogen-bond acceptors (Lipinski definition) is 15. The summed E-state index contributed by atoms with van der Waals surface area (Å²) in [4.78, 5) is 33.8. The van der Waals surface area contributed by atoms with E-state index in [0.29, 0.717) is 16.9 Å². The highest BCUT2D eigenvalue weighted by Gasteiger charge is 2.43. The van der Waals surface area contributed by atoms with Gasteiger partial charge >= 0.3 is 13.5 Å². The van der Waals surface area contributed by atoms with Crippen LogP contribution in [0.2, 0.25) is 0 Å². The second-order valence-corrected chi connectivity index (χ2v) is 15.2. The maximum atomic E-state index is 13.3. The van der Waals surface area contributed by atoms with Crippen LogP contribution in [-0.2, 0) is 43.9 Å². The number of ether oxygens (including phenoxy) is 2. The molecule has 18 nitrogen and oxygen atoms in total. The zero-order valence-corrected chi connectivity index (χ0v) is 25.3. The van der Waals surface area contributed by atoms with Crippen LogP contribution in [0.1, 0.15) is 41.4 Å². The van der Waals surface area contributed by atoms with Gasteiger partial charge in [-0.05, 0) is 17.9 Å². The van der Waals surface area contributed by atoms with Crippen molar-refractivity contribution in [2.75, 3.05) is 26.1 Å². The zero-order valence-electron chi connectivity index (χ0n) is 21.8. The highest BCUT2D eigenvalue weighted by molar-refractivity contribution is 8.44. The van der Waals surface area contributed by atoms with Gasteiger partial charge in [-0.3, -0.25) is 23.5 Å². The minimum Gasteiger partial charge on any atom is -0.390 e. The number of carbonyl (C=O) groups excluding carboxylic acids is 1. The maximum absolute atomic E-state index is 13.3. The number of aromatic nitrogens is 6. The third-order valence-electron chi connectivity index (χ3n) is 6.60. The zero-order chi connectivity index (χ0) is 30.2. The molecule has 2 aliphatic heterocycles. The molecule has 0 bridgehead atoms. The van der Waals surface area contributed by atoms with Crippen molar-refractivity contribution in [3.8, 4) is 0 Å². The van der Waals surface area contributed by atoms with Gasteiger partial charge in [-0.1, -0.05) is 12.2 Å². The first-order valence-corrected chi connectivity index (χ1v) is 17.6. The van der Waals surface area contributed by atoms with Gasteiger partial charge in [-0.15, -0.1) is 0 Å². The average Bonchev–Trinajstić information content (AvgIpc) is 3.72. The summed E-state index contributed by atoms with van der Waals surface area (Å²) in [5.41, 5.74) is 12.3. The monoisotopic (exact) mass is 666 g/mol. The minimum atomic E-state index is -4.08. The van der Waals surface area contributed by atoms with Crippen LogP contribution < -0.4 is 11.5 Å². The first kappa shape index (κ1) is 31.4. The van der Waals surface area contributed by atoms with E-state index in [-0.39, 0.29) is 37.6 Å². The number of H-pyrrole nitrogens is 1. The molecule has 230 valence electrons. The Morgan fingerprint density at radius 1 is 1.26 bits per heavy atom. The van der Waals surface area contributed by atoms with E-state index in [4.69, 9.17) is 50.8 Å². The Kier molecular flexibility index (Phi) is 9.34. The maximum Gasteiger partial charge on any atom is 0.386 e. The summed E-state index contributed by atoms with van der Waals surface area (Å²) in [6.45, 7) is -8.25. The summed E-state index contributed by atoms with van der Waals surface area (Å²) in [6, 6.07) is 1.42. The third kappa shape index (κ3) is 7.01. The van der Waals surface area contributed by atoms with Crippen molar-refractivity contribution in [3.05, 3.63) is 30.1 Å². The number of nitrogens with zero attached hydrogens (tertiary/aromatic N) is 5. The van der Waals surface area contributed by atoms with Crippen molar-refractivity contribution in [3.63, 3.8) is 0 Å². The minimum absolute atomic E-state index is 0.0217. The van der Waals surface area contributed by atoms with E-state index >= 15 is 0 Å². The number of imidazole rings is 1. The second kappa shape index (κ2) is 12.5. The van der Waals surface area contributed by atoms with Crippen LogP contribution >= 0.6 is 25.8 Å². The van der Waals surface area contributed by atoms with E-state index in [1.54, 1.807) is 4.57 Å². The Morgan fingerprint density at radius 3 is 2.74 bits per heavy atom. The molecule has 3 aromatic heterocycles. The summed E-state index contributed by atoms with van der Waals surface area (Å²) in [7, 11) is 1.21. The third-order valence-corrected chi connectivity index (χ3v) is 9.94. The number of aromatic amines is 1. The molecule has 3 aromatic rings. The van der Waals surface area contributed by atoms with Gasteiger partial charge in [0.1, 0.15) is 48.2 Å². The van der Waals surface area contributed by atoms with Crippen LogP contribution in [0.4, 0.5) is 5.82 Å². The van der Waals surface area contributed by atoms with Crippen molar-refractivity contribution >= 4 is 60.5 Å². The van der Waals surface area contributed by atoms with E-state index < -0.39 is 56.2 Å². The topological polar surface area (TPSA) is 254 Å². The number of nitrogen functional groups attached to an aromatic ring is 1. The highest BCUT2D eigenvalue weighted by atomic mass is 32.7. The molecule has 7 N–H and O–H groups in total. The standard InChI is InChI=1S/C20H28N8O10P2S2/c1-33-39(31,41)34-6-15-13(4-16(37-15)28-8-25-17-18(21)23-7-24-20(17)28)38-40(32,42)35-5-14-11(29)3-12(36-14)9-2-10(19(22)30)27-26-9/h2,7-8,11-16,29H,3-6H2,1H3,(H2,22,30)(H,26,27)(H,31,41)(H,32,42)(H2,21,23,24)/t11-,12+,13-,14+,15+,16+,39?,40?/m0/s1. The molecule has 2 fully saturated rings. The predicted molar refractivity (Wildman–Crippen MR) is 150 cm³/mol. The molecule has 0 saturated carbocycles. The van der Waals surface area contributed by atoms with Gasteiger partial charge in [0.25, 0.3) is 5.91 Å². The Labute approximate surface area is 248 Å². The summed E-state index contributed by atoms with van der Waals surface area (Å²) in [6.07, 6.45) is -2.06. The number of amides is 1. The largest absolute Gasteiger partial charge is 0.390 e. The van der Waals surface area contributed by atoms with Crippen LogP contribution in [-0.4, -0.2) is 90.4 Å². The van der Waals surface area contributed by atoms with Gasteiger partial charge in [0, 0.05) is 20.0 Å². The van der Waals surface area contributed by atoms with Gasteiger partial charge in [-0.2, -0.15) is 5.10 Å². The van der Waals surface area contributed by atoms with E-state index in [0.717, 1.165) is 0 Å². The molecule has 1 amide bonds. The van der Waals surface area contributed by atoms with Crippen molar-refractivity contribution in [2.45, 2.75) is 49.6 Å². The van der Waals surface area contributed by atoms with Crippen LogP contribution in [0.5, 0.6) is 0 Å². The number of anilines is 1. The molecule has 22 heteroatoms. The quantitative estimate of drug-likeness (QED) is 0.115. The molecule has 0 aromatic carbocycles. The van der Waals surface area contributed by atoms with Gasteiger partial charge in [0.2, 0.25) is 0 Å². The fourth-order valence-electron chi connectivity index (χ4n) is 4.51. The Bertz CT molecular complexity index is 1540. The number of aliphatic hydroxyl groups is 1. The number of primary amides is 1. The number of thiol groups is 1. The van der Waals surface area contributed by atoms with Crippen molar-refractivity contribution in [2.24, 2.45) is 5.73 Å². The fourth-order valence-corrected chi connectivity index (χ4v) is 6.66. The molecule has 2 unspecified atom stereocenters. The van der Waals surface area contributed by atoms with Crippen LogP contribution in [0.15, 0.2) is 18.7 Å². The lowest BCUT2D eigenvalue weighted by atomic mass is 10.1. The van der Waals surface area contributed by atoms with E-state index in [1.165, 1.54) is 25.8 Å². The van der Waals surface area contributed by atoms with Crippen molar-refractivity contribution < 1.29 is 46.9 Å².